The van der Waals surface area contributed by atoms with Crippen molar-refractivity contribution in [3.63, 3.8) is 0 Å². The third kappa shape index (κ3) is 1.99. The van der Waals surface area contributed by atoms with Crippen molar-refractivity contribution >= 4 is 0 Å². The minimum atomic E-state index is -0.517. The highest BCUT2D eigenvalue weighted by molar-refractivity contribution is 5.40. The predicted molar refractivity (Wildman–Crippen MR) is 67.5 cm³/mol. The summed E-state index contributed by atoms with van der Waals surface area (Å²) in [5.74, 6) is 1.84. The first-order valence-corrected chi connectivity index (χ1v) is 6.14. The Labute approximate surface area is 106 Å². The van der Waals surface area contributed by atoms with Crippen molar-refractivity contribution in [1.29, 1.82) is 0 Å². The molecule has 1 aromatic carbocycles. The summed E-state index contributed by atoms with van der Waals surface area (Å²) in [6, 6.07) is 5.91. The van der Waals surface area contributed by atoms with Crippen LogP contribution in [0.4, 0.5) is 0 Å². The molecule has 2 aromatic rings. The Kier molecular flexibility index (Phi) is 2.80. The van der Waals surface area contributed by atoms with Gasteiger partial charge in [-0.1, -0.05) is 6.07 Å². The smallest absolute Gasteiger partial charge is 0.122 e. The number of rotatable bonds is 3. The quantitative estimate of drug-likeness (QED) is 0.892. The van der Waals surface area contributed by atoms with Crippen LogP contribution in [-0.2, 0) is 19.9 Å². The molecule has 0 saturated heterocycles. The van der Waals surface area contributed by atoms with Crippen LogP contribution in [0.1, 0.15) is 23.1 Å². The number of nitrogens with zero attached hydrogens (tertiary/aromatic N) is 2. The maximum absolute atomic E-state index is 10.3. The summed E-state index contributed by atoms with van der Waals surface area (Å²) in [4.78, 5) is 4.23. The van der Waals surface area contributed by atoms with E-state index in [1.54, 1.807) is 6.20 Å². The minimum Gasteiger partial charge on any atom is -0.493 e. The SMILES string of the molecule is Cn1ccnc1CC(O)c1ccc2c(c1)CCO2. The Morgan fingerprint density at radius 2 is 2.39 bits per heavy atom. The van der Waals surface area contributed by atoms with Crippen molar-refractivity contribution in [2.75, 3.05) is 6.61 Å². The number of aliphatic hydroxyl groups excluding tert-OH is 1. The van der Waals surface area contributed by atoms with Gasteiger partial charge in [-0.2, -0.15) is 0 Å². The first-order valence-electron chi connectivity index (χ1n) is 6.14. The summed E-state index contributed by atoms with van der Waals surface area (Å²) in [6.45, 7) is 0.744. The molecule has 1 unspecified atom stereocenters. The van der Waals surface area contributed by atoms with Gasteiger partial charge in [0.25, 0.3) is 0 Å². The van der Waals surface area contributed by atoms with Gasteiger partial charge < -0.3 is 14.4 Å². The van der Waals surface area contributed by atoms with Crippen LogP contribution in [-0.4, -0.2) is 21.3 Å². The molecule has 0 aliphatic carbocycles. The lowest BCUT2D eigenvalue weighted by atomic mass is 10.0. The maximum atomic E-state index is 10.3. The van der Waals surface area contributed by atoms with Crippen LogP contribution in [0.15, 0.2) is 30.6 Å². The standard InChI is InChI=1S/C14H16N2O2/c1-16-6-5-15-14(16)9-12(17)10-2-3-13-11(8-10)4-7-18-13/h2-3,5-6,8,12,17H,4,7,9H2,1H3. The minimum absolute atomic E-state index is 0.517. The molecule has 1 atom stereocenters. The Morgan fingerprint density at radius 3 is 3.17 bits per heavy atom. The Balaban J connectivity index is 1.80. The van der Waals surface area contributed by atoms with Crippen molar-refractivity contribution in [3.05, 3.63) is 47.5 Å². The number of fused-ring (bicyclic) bond motifs is 1. The van der Waals surface area contributed by atoms with E-state index >= 15 is 0 Å². The van der Waals surface area contributed by atoms with E-state index in [1.807, 2.05) is 36.0 Å². The van der Waals surface area contributed by atoms with Crippen LogP contribution in [0.3, 0.4) is 0 Å². The van der Waals surface area contributed by atoms with E-state index in [0.29, 0.717) is 6.42 Å². The molecule has 0 saturated carbocycles. The molecule has 3 rings (SSSR count). The highest BCUT2D eigenvalue weighted by Crippen LogP contribution is 2.29. The van der Waals surface area contributed by atoms with Gasteiger partial charge in [0.1, 0.15) is 11.6 Å². The third-order valence-electron chi connectivity index (χ3n) is 3.40. The number of aromatic nitrogens is 2. The van der Waals surface area contributed by atoms with E-state index < -0.39 is 6.10 Å². The summed E-state index contributed by atoms with van der Waals surface area (Å²) >= 11 is 0. The van der Waals surface area contributed by atoms with Crippen molar-refractivity contribution in [1.82, 2.24) is 9.55 Å². The monoisotopic (exact) mass is 244 g/mol. The van der Waals surface area contributed by atoms with E-state index in [2.05, 4.69) is 4.98 Å². The number of hydrogen-bond acceptors (Lipinski definition) is 3. The first-order chi connectivity index (χ1) is 8.74. The van der Waals surface area contributed by atoms with Crippen LogP contribution in [0.2, 0.25) is 0 Å². The average molecular weight is 244 g/mol. The molecule has 1 aliphatic heterocycles. The lowest BCUT2D eigenvalue weighted by Crippen LogP contribution is -2.06. The summed E-state index contributed by atoms with van der Waals surface area (Å²) in [7, 11) is 1.94. The highest BCUT2D eigenvalue weighted by Gasteiger charge is 2.16. The van der Waals surface area contributed by atoms with Crippen LogP contribution in [0.5, 0.6) is 5.75 Å². The van der Waals surface area contributed by atoms with Gasteiger partial charge in [0.2, 0.25) is 0 Å². The second-order valence-corrected chi connectivity index (χ2v) is 4.64. The third-order valence-corrected chi connectivity index (χ3v) is 3.40. The number of hydrogen-bond donors (Lipinski definition) is 1. The van der Waals surface area contributed by atoms with Gasteiger partial charge in [0.05, 0.1) is 12.7 Å². The zero-order valence-corrected chi connectivity index (χ0v) is 10.3. The molecule has 0 radical (unpaired) electrons. The number of benzene rings is 1. The zero-order valence-electron chi connectivity index (χ0n) is 10.3. The fraction of sp³-hybridized carbons (Fsp3) is 0.357. The van der Waals surface area contributed by atoms with Gasteiger partial charge in [-0.3, -0.25) is 0 Å². The van der Waals surface area contributed by atoms with E-state index in [1.165, 1.54) is 5.56 Å². The molecule has 1 aliphatic rings. The number of ether oxygens (including phenoxy) is 1. The molecule has 0 amide bonds. The molecule has 1 N–H and O–H groups in total. The Bertz CT molecular complexity index is 563. The normalized spacial score (nSPS) is 15.2. The van der Waals surface area contributed by atoms with E-state index in [9.17, 15) is 5.11 Å². The average Bonchev–Trinajstić information content (AvgIpc) is 2.98. The maximum Gasteiger partial charge on any atom is 0.122 e. The lowest BCUT2D eigenvalue weighted by molar-refractivity contribution is 0.175. The molecule has 94 valence electrons. The van der Waals surface area contributed by atoms with Crippen molar-refractivity contribution in [2.45, 2.75) is 18.9 Å². The van der Waals surface area contributed by atoms with Gasteiger partial charge in [-0.25, -0.2) is 4.98 Å². The fourth-order valence-electron chi connectivity index (χ4n) is 2.30. The van der Waals surface area contributed by atoms with Crippen molar-refractivity contribution in [3.8, 4) is 5.75 Å². The first kappa shape index (κ1) is 11.3. The lowest BCUT2D eigenvalue weighted by Gasteiger charge is -2.12. The second-order valence-electron chi connectivity index (χ2n) is 4.64. The van der Waals surface area contributed by atoms with Crippen LogP contribution in [0, 0.1) is 0 Å². The summed E-state index contributed by atoms with van der Waals surface area (Å²) in [6.07, 6.45) is 4.58. The molecule has 1 aromatic heterocycles. The zero-order chi connectivity index (χ0) is 12.5. The molecule has 18 heavy (non-hydrogen) atoms. The molecule has 0 bridgehead atoms. The summed E-state index contributed by atoms with van der Waals surface area (Å²) in [5, 5.41) is 10.3. The van der Waals surface area contributed by atoms with Gasteiger partial charge in [0, 0.05) is 32.3 Å². The molecule has 4 heteroatoms. The number of aliphatic hydroxyl groups is 1. The van der Waals surface area contributed by atoms with E-state index in [4.69, 9.17) is 4.74 Å². The molecular weight excluding hydrogens is 228 g/mol. The second kappa shape index (κ2) is 4.46. The molecule has 0 spiro atoms. The molecule has 0 fully saturated rings. The topological polar surface area (TPSA) is 47.3 Å². The van der Waals surface area contributed by atoms with Gasteiger partial charge in [0.15, 0.2) is 0 Å². The largest absolute Gasteiger partial charge is 0.493 e. The van der Waals surface area contributed by atoms with Crippen molar-refractivity contribution < 1.29 is 9.84 Å². The summed E-state index contributed by atoms with van der Waals surface area (Å²) < 4.78 is 7.39. The number of aryl methyl sites for hydroxylation is 1. The Hall–Kier alpha value is -1.81. The Morgan fingerprint density at radius 1 is 1.50 bits per heavy atom. The van der Waals surface area contributed by atoms with E-state index in [0.717, 1.165) is 30.2 Å². The molecule has 2 heterocycles. The highest BCUT2D eigenvalue weighted by atomic mass is 16.5. The van der Waals surface area contributed by atoms with Gasteiger partial charge in [-0.15, -0.1) is 0 Å². The molecular formula is C14H16N2O2. The van der Waals surface area contributed by atoms with Crippen LogP contribution in [0.25, 0.3) is 0 Å². The fourth-order valence-corrected chi connectivity index (χ4v) is 2.30. The van der Waals surface area contributed by atoms with Crippen LogP contribution < -0.4 is 4.74 Å². The van der Waals surface area contributed by atoms with Crippen LogP contribution >= 0.6 is 0 Å². The van der Waals surface area contributed by atoms with Gasteiger partial charge >= 0.3 is 0 Å². The summed E-state index contributed by atoms with van der Waals surface area (Å²) in [5.41, 5.74) is 2.12. The van der Waals surface area contributed by atoms with E-state index in [-0.39, 0.29) is 0 Å². The number of imidazole rings is 1. The predicted octanol–water partition coefficient (Wildman–Crippen LogP) is 1.63. The molecule has 4 nitrogen and oxygen atoms in total. The van der Waals surface area contributed by atoms with Crippen molar-refractivity contribution in [2.24, 2.45) is 7.05 Å². The van der Waals surface area contributed by atoms with Gasteiger partial charge in [-0.05, 0) is 23.3 Å².